The lowest BCUT2D eigenvalue weighted by atomic mass is 10.0. The number of carbonyl (C=O) groups excluding carboxylic acids is 2. The second-order valence-corrected chi connectivity index (χ2v) is 6.63. The molecule has 0 aromatic heterocycles. The second-order valence-electron chi connectivity index (χ2n) is 6.63. The van der Waals surface area contributed by atoms with E-state index in [9.17, 15) is 14.7 Å². The molecule has 4 heteroatoms. The summed E-state index contributed by atoms with van der Waals surface area (Å²) in [6.45, 7) is 2.20. The second kappa shape index (κ2) is 12.5. The van der Waals surface area contributed by atoms with Gasteiger partial charge in [-0.25, -0.2) is 0 Å². The van der Waals surface area contributed by atoms with Gasteiger partial charge in [0.15, 0.2) is 11.5 Å². The minimum atomic E-state index is -0.0139. The Morgan fingerprint density at radius 2 is 1.60 bits per heavy atom. The third kappa shape index (κ3) is 9.28. The Kier molecular flexibility index (Phi) is 10.6. The molecular weight excluding hydrogens is 316 g/mol. The van der Waals surface area contributed by atoms with E-state index in [1.165, 1.54) is 39.2 Å². The SMILES string of the molecule is CCCCCCCCCC(=O)CC(=O)CCc1ccc(O)c(OC)c1. The average molecular weight is 348 g/mol. The number of hydrogen-bond donors (Lipinski definition) is 1. The van der Waals surface area contributed by atoms with E-state index in [1.54, 1.807) is 18.2 Å². The highest BCUT2D eigenvalue weighted by atomic mass is 16.5. The van der Waals surface area contributed by atoms with Crippen molar-refractivity contribution in [2.75, 3.05) is 7.11 Å². The van der Waals surface area contributed by atoms with Crippen LogP contribution < -0.4 is 4.74 Å². The van der Waals surface area contributed by atoms with Crippen molar-refractivity contribution < 1.29 is 19.4 Å². The fourth-order valence-electron chi connectivity index (χ4n) is 2.84. The van der Waals surface area contributed by atoms with Gasteiger partial charge in [-0.1, -0.05) is 51.5 Å². The van der Waals surface area contributed by atoms with Gasteiger partial charge in [-0.15, -0.1) is 0 Å². The van der Waals surface area contributed by atoms with Gasteiger partial charge in [0.25, 0.3) is 0 Å². The molecule has 1 aromatic carbocycles. The van der Waals surface area contributed by atoms with Crippen LogP contribution in [0, 0.1) is 0 Å². The van der Waals surface area contributed by atoms with Crippen LogP contribution in [0.3, 0.4) is 0 Å². The number of Topliss-reactive ketones (excluding diaryl/α,β-unsaturated/α-hetero) is 2. The van der Waals surface area contributed by atoms with Gasteiger partial charge < -0.3 is 9.84 Å². The third-order valence-corrected chi connectivity index (χ3v) is 4.39. The number of aryl methyl sites for hydroxylation is 1. The number of phenols is 1. The molecule has 0 radical (unpaired) electrons. The molecule has 0 atom stereocenters. The van der Waals surface area contributed by atoms with Crippen molar-refractivity contribution in [2.45, 2.75) is 77.6 Å². The van der Waals surface area contributed by atoms with Gasteiger partial charge in [0.05, 0.1) is 13.5 Å². The van der Waals surface area contributed by atoms with E-state index in [0.29, 0.717) is 25.0 Å². The molecule has 0 aliphatic heterocycles. The number of unbranched alkanes of at least 4 members (excludes halogenated alkanes) is 6. The summed E-state index contributed by atoms with van der Waals surface area (Å²) >= 11 is 0. The Labute approximate surface area is 151 Å². The minimum absolute atomic E-state index is 0.0139. The van der Waals surface area contributed by atoms with Crippen LogP contribution in [0.5, 0.6) is 11.5 Å². The molecule has 0 saturated heterocycles. The number of ketones is 2. The summed E-state index contributed by atoms with van der Waals surface area (Å²) in [6.07, 6.45) is 9.70. The predicted molar refractivity (Wildman–Crippen MR) is 100 cm³/mol. The van der Waals surface area contributed by atoms with E-state index < -0.39 is 0 Å². The maximum atomic E-state index is 12.0. The first kappa shape index (κ1) is 21.2. The van der Waals surface area contributed by atoms with Gasteiger partial charge in [0.1, 0.15) is 11.6 Å². The minimum Gasteiger partial charge on any atom is -0.504 e. The van der Waals surface area contributed by atoms with Crippen LogP contribution in [0.2, 0.25) is 0 Å². The smallest absolute Gasteiger partial charge is 0.160 e. The standard InChI is InChI=1S/C21H32O4/c1-3-4-5-6-7-8-9-10-18(22)16-19(23)13-11-17-12-14-20(24)21(15-17)25-2/h12,14-15,24H,3-11,13,16H2,1-2H3. The van der Waals surface area contributed by atoms with Gasteiger partial charge in [-0.3, -0.25) is 9.59 Å². The molecule has 4 nitrogen and oxygen atoms in total. The van der Waals surface area contributed by atoms with Gasteiger partial charge in [0.2, 0.25) is 0 Å². The first-order chi connectivity index (χ1) is 12.1. The van der Waals surface area contributed by atoms with Gasteiger partial charge in [0, 0.05) is 12.8 Å². The Morgan fingerprint density at radius 3 is 2.28 bits per heavy atom. The van der Waals surface area contributed by atoms with Gasteiger partial charge in [-0.2, -0.15) is 0 Å². The molecule has 0 unspecified atom stereocenters. The van der Waals surface area contributed by atoms with Gasteiger partial charge >= 0.3 is 0 Å². The molecule has 0 heterocycles. The lowest BCUT2D eigenvalue weighted by Crippen LogP contribution is -2.08. The molecule has 25 heavy (non-hydrogen) atoms. The van der Waals surface area contributed by atoms with E-state index >= 15 is 0 Å². The highest BCUT2D eigenvalue weighted by Gasteiger charge is 2.10. The average Bonchev–Trinajstić information content (AvgIpc) is 2.60. The van der Waals surface area contributed by atoms with Crippen molar-refractivity contribution in [3.63, 3.8) is 0 Å². The molecule has 1 aromatic rings. The normalized spacial score (nSPS) is 10.6. The monoisotopic (exact) mass is 348 g/mol. The first-order valence-corrected chi connectivity index (χ1v) is 9.46. The maximum absolute atomic E-state index is 12.0. The third-order valence-electron chi connectivity index (χ3n) is 4.39. The quantitative estimate of drug-likeness (QED) is 0.379. The fraction of sp³-hybridized carbons (Fsp3) is 0.619. The van der Waals surface area contributed by atoms with E-state index in [4.69, 9.17) is 4.74 Å². The van der Waals surface area contributed by atoms with Crippen LogP contribution in [0.4, 0.5) is 0 Å². The van der Waals surface area contributed by atoms with E-state index in [0.717, 1.165) is 18.4 Å². The van der Waals surface area contributed by atoms with E-state index in [-0.39, 0.29) is 23.7 Å². The number of phenolic OH excluding ortho intramolecular Hbond substituents is 1. The predicted octanol–water partition coefficient (Wildman–Crippen LogP) is 5.00. The van der Waals surface area contributed by atoms with Crippen molar-refractivity contribution in [3.05, 3.63) is 23.8 Å². The molecule has 0 spiro atoms. The lowest BCUT2D eigenvalue weighted by Gasteiger charge is -2.06. The number of ether oxygens (including phenoxy) is 1. The summed E-state index contributed by atoms with van der Waals surface area (Å²) in [5, 5.41) is 9.56. The number of hydrogen-bond acceptors (Lipinski definition) is 4. The van der Waals surface area contributed by atoms with Crippen LogP contribution in [-0.4, -0.2) is 23.8 Å². The molecule has 1 rings (SSSR count). The van der Waals surface area contributed by atoms with Crippen molar-refractivity contribution in [1.82, 2.24) is 0 Å². The number of rotatable bonds is 14. The Morgan fingerprint density at radius 1 is 0.960 bits per heavy atom. The molecule has 0 amide bonds. The molecule has 0 aliphatic carbocycles. The Hall–Kier alpha value is -1.84. The zero-order valence-corrected chi connectivity index (χ0v) is 15.7. The van der Waals surface area contributed by atoms with E-state index in [1.807, 2.05) is 0 Å². The summed E-state index contributed by atoms with van der Waals surface area (Å²) in [6, 6.07) is 5.05. The number of carbonyl (C=O) groups is 2. The van der Waals surface area contributed by atoms with Crippen LogP contribution in [0.15, 0.2) is 18.2 Å². The molecule has 0 saturated carbocycles. The first-order valence-electron chi connectivity index (χ1n) is 9.46. The molecule has 1 N–H and O–H groups in total. The van der Waals surface area contributed by atoms with Crippen LogP contribution in [0.25, 0.3) is 0 Å². The summed E-state index contributed by atoms with van der Waals surface area (Å²) in [4.78, 5) is 23.8. The van der Waals surface area contributed by atoms with Gasteiger partial charge in [-0.05, 0) is 30.5 Å². The van der Waals surface area contributed by atoms with Crippen LogP contribution in [0.1, 0.15) is 76.7 Å². The Balaban J connectivity index is 2.18. The highest BCUT2D eigenvalue weighted by molar-refractivity contribution is 5.99. The zero-order chi connectivity index (χ0) is 18.5. The summed E-state index contributed by atoms with van der Waals surface area (Å²) < 4.78 is 5.05. The largest absolute Gasteiger partial charge is 0.504 e. The molecule has 0 fully saturated rings. The zero-order valence-electron chi connectivity index (χ0n) is 15.7. The van der Waals surface area contributed by atoms with Crippen LogP contribution in [-0.2, 0) is 16.0 Å². The number of methoxy groups -OCH3 is 1. The van der Waals surface area contributed by atoms with Crippen molar-refractivity contribution in [3.8, 4) is 11.5 Å². The number of aromatic hydroxyl groups is 1. The molecular formula is C21H32O4. The topological polar surface area (TPSA) is 63.6 Å². The number of benzene rings is 1. The van der Waals surface area contributed by atoms with Crippen molar-refractivity contribution in [1.29, 1.82) is 0 Å². The van der Waals surface area contributed by atoms with Crippen molar-refractivity contribution in [2.24, 2.45) is 0 Å². The molecule has 0 bridgehead atoms. The van der Waals surface area contributed by atoms with Crippen molar-refractivity contribution >= 4 is 11.6 Å². The van der Waals surface area contributed by atoms with Crippen LogP contribution >= 0.6 is 0 Å². The molecule has 140 valence electrons. The fourth-order valence-corrected chi connectivity index (χ4v) is 2.84. The summed E-state index contributed by atoms with van der Waals surface area (Å²) in [5.41, 5.74) is 0.919. The summed E-state index contributed by atoms with van der Waals surface area (Å²) in [7, 11) is 1.49. The molecule has 0 aliphatic rings. The Bertz CT molecular complexity index is 537. The summed E-state index contributed by atoms with van der Waals surface area (Å²) in [5.74, 6) is 0.532. The van der Waals surface area contributed by atoms with E-state index in [2.05, 4.69) is 6.92 Å². The maximum Gasteiger partial charge on any atom is 0.160 e. The highest BCUT2D eigenvalue weighted by Crippen LogP contribution is 2.26. The lowest BCUT2D eigenvalue weighted by molar-refractivity contribution is -0.127.